The van der Waals surface area contributed by atoms with E-state index in [1.807, 2.05) is 0 Å². The lowest BCUT2D eigenvalue weighted by molar-refractivity contribution is -0.384. The molecular formula is C22H27N5O5. The predicted octanol–water partition coefficient (Wildman–Crippen LogP) is 4.41. The van der Waals surface area contributed by atoms with Crippen LogP contribution in [0.3, 0.4) is 0 Å². The molecule has 0 bridgehead atoms. The molecule has 0 atom stereocenters. The Bertz CT molecular complexity index is 1100. The molecule has 1 aromatic carbocycles. The molecule has 0 aliphatic carbocycles. The van der Waals surface area contributed by atoms with E-state index in [9.17, 15) is 19.7 Å². The summed E-state index contributed by atoms with van der Waals surface area (Å²) in [5.41, 5.74) is 0.707. The molecule has 1 fully saturated rings. The third kappa shape index (κ3) is 5.08. The number of aromatic nitrogens is 1. The van der Waals surface area contributed by atoms with Gasteiger partial charge in [0.05, 0.1) is 4.92 Å². The first-order valence-corrected chi connectivity index (χ1v) is 10.7. The first kappa shape index (κ1) is 23.3. The summed E-state index contributed by atoms with van der Waals surface area (Å²) in [6.45, 7) is 7.41. The van der Waals surface area contributed by atoms with Crippen molar-refractivity contribution in [2.24, 2.45) is 10.2 Å². The average Bonchev–Trinajstić information content (AvgIpc) is 2.77. The number of hydrogen-bond donors (Lipinski definition) is 0. The van der Waals surface area contributed by atoms with E-state index >= 15 is 0 Å². The zero-order valence-corrected chi connectivity index (χ0v) is 18.5. The van der Waals surface area contributed by atoms with Gasteiger partial charge >= 0.3 is 5.97 Å². The van der Waals surface area contributed by atoms with Crippen molar-refractivity contribution in [3.8, 4) is 5.88 Å². The Labute approximate surface area is 185 Å². The second kappa shape index (κ2) is 10.3. The topological polar surface area (TPSA) is 119 Å². The van der Waals surface area contributed by atoms with Crippen molar-refractivity contribution in [1.29, 1.82) is 0 Å². The number of carbonyl (C=O) groups is 1. The fraction of sp³-hybridized carbons (Fsp3) is 0.455. The molecule has 2 heterocycles. The number of piperidine rings is 1. The standard InChI is InChI=1S/C22H27N5O5/c1-4-26-21(29)20(24-23-18-10-6-7-11-19(18)27(30)31)15(2)17(22(26)32-16(3)28)14-25-12-8-5-9-13-25/h6-7,10-11H,4-5,8-9,12-14H2,1-3H3. The smallest absolute Gasteiger partial charge is 0.309 e. The third-order valence-electron chi connectivity index (χ3n) is 5.48. The fourth-order valence-electron chi connectivity index (χ4n) is 3.84. The van der Waals surface area contributed by atoms with Crippen molar-refractivity contribution in [2.75, 3.05) is 13.1 Å². The van der Waals surface area contributed by atoms with Crippen molar-refractivity contribution < 1.29 is 14.5 Å². The summed E-state index contributed by atoms with van der Waals surface area (Å²) in [5, 5.41) is 19.4. The molecule has 1 aliphatic heterocycles. The van der Waals surface area contributed by atoms with E-state index in [4.69, 9.17) is 4.74 Å². The number of pyridine rings is 1. The molecule has 1 aliphatic rings. The summed E-state index contributed by atoms with van der Waals surface area (Å²) < 4.78 is 6.84. The maximum atomic E-state index is 13.2. The first-order chi connectivity index (χ1) is 15.3. The molecule has 0 unspecified atom stereocenters. The van der Waals surface area contributed by atoms with Gasteiger partial charge in [-0.25, -0.2) is 0 Å². The van der Waals surface area contributed by atoms with E-state index in [1.54, 1.807) is 19.9 Å². The number of rotatable bonds is 7. The zero-order chi connectivity index (χ0) is 23.3. The molecule has 10 nitrogen and oxygen atoms in total. The van der Waals surface area contributed by atoms with Crippen LogP contribution in [-0.4, -0.2) is 33.4 Å². The minimum absolute atomic E-state index is 0.0565. The Balaban J connectivity index is 2.14. The number of esters is 1. The molecule has 0 radical (unpaired) electrons. The van der Waals surface area contributed by atoms with Crippen LogP contribution in [0.25, 0.3) is 0 Å². The Kier molecular flexibility index (Phi) is 7.47. The lowest BCUT2D eigenvalue weighted by atomic mass is 10.1. The van der Waals surface area contributed by atoms with Crippen LogP contribution in [0.5, 0.6) is 5.88 Å². The van der Waals surface area contributed by atoms with Crippen LogP contribution in [0.2, 0.25) is 0 Å². The van der Waals surface area contributed by atoms with E-state index < -0.39 is 16.5 Å². The van der Waals surface area contributed by atoms with Gasteiger partial charge in [0.25, 0.3) is 11.2 Å². The lowest BCUT2D eigenvalue weighted by Gasteiger charge is -2.28. The third-order valence-corrected chi connectivity index (χ3v) is 5.48. The molecule has 0 N–H and O–H groups in total. The molecule has 3 rings (SSSR count). The number of azo groups is 1. The molecule has 1 aromatic heterocycles. The van der Waals surface area contributed by atoms with Crippen molar-refractivity contribution in [1.82, 2.24) is 9.47 Å². The fourth-order valence-corrected chi connectivity index (χ4v) is 3.84. The van der Waals surface area contributed by atoms with Gasteiger partial charge in [0, 0.05) is 31.6 Å². The van der Waals surface area contributed by atoms with E-state index in [1.165, 1.54) is 36.1 Å². The van der Waals surface area contributed by atoms with E-state index in [0.29, 0.717) is 17.7 Å². The number of para-hydroxylation sites is 1. The highest BCUT2D eigenvalue weighted by atomic mass is 16.6. The van der Waals surface area contributed by atoms with Crippen molar-refractivity contribution in [2.45, 2.75) is 53.1 Å². The summed E-state index contributed by atoms with van der Waals surface area (Å²) >= 11 is 0. The summed E-state index contributed by atoms with van der Waals surface area (Å²) in [7, 11) is 0. The monoisotopic (exact) mass is 441 g/mol. The van der Waals surface area contributed by atoms with Gasteiger partial charge in [0.2, 0.25) is 5.88 Å². The van der Waals surface area contributed by atoms with Crippen LogP contribution < -0.4 is 10.3 Å². The summed E-state index contributed by atoms with van der Waals surface area (Å²) in [5.74, 6) is -0.294. The van der Waals surface area contributed by atoms with Gasteiger partial charge in [-0.3, -0.25) is 29.2 Å². The number of likely N-dealkylation sites (tertiary alicyclic amines) is 1. The maximum absolute atomic E-state index is 13.2. The quantitative estimate of drug-likeness (QED) is 0.272. The highest BCUT2D eigenvalue weighted by Crippen LogP contribution is 2.32. The largest absolute Gasteiger partial charge is 0.409 e. The normalized spacial score (nSPS) is 14.6. The van der Waals surface area contributed by atoms with E-state index in [2.05, 4.69) is 15.1 Å². The lowest BCUT2D eigenvalue weighted by Crippen LogP contribution is -2.32. The second-order valence-corrected chi connectivity index (χ2v) is 7.68. The number of carbonyl (C=O) groups excluding carboxylic acids is 1. The molecule has 0 saturated carbocycles. The van der Waals surface area contributed by atoms with Crippen LogP contribution >= 0.6 is 0 Å². The zero-order valence-electron chi connectivity index (χ0n) is 18.5. The predicted molar refractivity (Wildman–Crippen MR) is 119 cm³/mol. The van der Waals surface area contributed by atoms with Crippen LogP contribution in [0.15, 0.2) is 39.3 Å². The van der Waals surface area contributed by atoms with Gasteiger partial charge in [-0.05, 0) is 51.4 Å². The Morgan fingerprint density at radius 2 is 1.88 bits per heavy atom. The summed E-state index contributed by atoms with van der Waals surface area (Å²) in [4.78, 5) is 38.0. The first-order valence-electron chi connectivity index (χ1n) is 10.7. The Morgan fingerprint density at radius 3 is 2.50 bits per heavy atom. The number of benzene rings is 1. The van der Waals surface area contributed by atoms with Crippen molar-refractivity contribution in [3.05, 3.63) is 55.9 Å². The molecular weight excluding hydrogens is 414 g/mol. The molecule has 1 saturated heterocycles. The SMILES string of the molecule is CCn1c(OC(C)=O)c(CN2CCCCC2)c(C)c(N=Nc2ccccc2[N+](=O)[O-])c1=O. The highest BCUT2D eigenvalue weighted by molar-refractivity contribution is 5.70. The summed E-state index contributed by atoms with van der Waals surface area (Å²) in [6.07, 6.45) is 3.34. The number of nitro benzene ring substituents is 1. The highest BCUT2D eigenvalue weighted by Gasteiger charge is 2.24. The van der Waals surface area contributed by atoms with E-state index in [-0.39, 0.29) is 29.5 Å². The van der Waals surface area contributed by atoms with Crippen LogP contribution in [0, 0.1) is 17.0 Å². The van der Waals surface area contributed by atoms with Gasteiger partial charge in [0.1, 0.15) is 0 Å². The molecule has 0 spiro atoms. The Morgan fingerprint density at radius 1 is 1.19 bits per heavy atom. The Hall–Kier alpha value is -3.40. The van der Waals surface area contributed by atoms with Gasteiger partial charge < -0.3 is 4.74 Å². The number of ether oxygens (including phenoxy) is 1. The molecule has 0 amide bonds. The van der Waals surface area contributed by atoms with Gasteiger partial charge in [0.15, 0.2) is 11.4 Å². The molecule has 32 heavy (non-hydrogen) atoms. The number of nitro groups is 1. The van der Waals surface area contributed by atoms with Gasteiger partial charge in [-0.1, -0.05) is 18.6 Å². The van der Waals surface area contributed by atoms with Crippen molar-refractivity contribution >= 4 is 23.0 Å². The average molecular weight is 441 g/mol. The van der Waals surface area contributed by atoms with E-state index in [0.717, 1.165) is 25.9 Å². The molecule has 2 aromatic rings. The minimum atomic E-state index is -0.545. The van der Waals surface area contributed by atoms with Crippen molar-refractivity contribution in [3.63, 3.8) is 0 Å². The van der Waals surface area contributed by atoms with Gasteiger partial charge in [-0.15, -0.1) is 10.2 Å². The minimum Gasteiger partial charge on any atom is -0.409 e. The van der Waals surface area contributed by atoms with Crippen LogP contribution in [0.1, 0.15) is 44.2 Å². The maximum Gasteiger partial charge on any atom is 0.309 e. The summed E-state index contributed by atoms with van der Waals surface area (Å²) in [6, 6.07) is 5.95. The van der Waals surface area contributed by atoms with Gasteiger partial charge in [-0.2, -0.15) is 0 Å². The van der Waals surface area contributed by atoms with Crippen LogP contribution in [0.4, 0.5) is 17.1 Å². The van der Waals surface area contributed by atoms with Crippen LogP contribution in [-0.2, 0) is 17.9 Å². The second-order valence-electron chi connectivity index (χ2n) is 7.68. The number of hydrogen-bond acceptors (Lipinski definition) is 8. The molecule has 10 heteroatoms. The number of nitrogens with zero attached hydrogens (tertiary/aromatic N) is 5. The molecule has 170 valence electrons.